The van der Waals surface area contributed by atoms with E-state index in [1.807, 2.05) is 13.8 Å². The minimum absolute atomic E-state index is 0.00419. The van der Waals surface area contributed by atoms with E-state index in [1.165, 1.54) is 0 Å². The molecular weight excluding hydrogens is 222 g/mol. The topological polar surface area (TPSA) is 66.8 Å². The van der Waals surface area contributed by atoms with Crippen LogP contribution in [0.15, 0.2) is 0 Å². The molecule has 0 aromatic heterocycles. The SMILES string of the molecule is COCCN(C(=O)CC(C)(C)C(=O)O)C(C)C. The summed E-state index contributed by atoms with van der Waals surface area (Å²) in [6.07, 6.45) is 0.00419. The van der Waals surface area contributed by atoms with Gasteiger partial charge in [0.15, 0.2) is 0 Å². The first-order chi connectivity index (χ1) is 7.72. The number of ether oxygens (including phenoxy) is 1. The summed E-state index contributed by atoms with van der Waals surface area (Å²) in [6.45, 7) is 7.87. The predicted molar refractivity (Wildman–Crippen MR) is 64.8 cm³/mol. The highest BCUT2D eigenvalue weighted by Gasteiger charge is 2.32. The summed E-state index contributed by atoms with van der Waals surface area (Å²) < 4.78 is 4.94. The zero-order valence-corrected chi connectivity index (χ0v) is 11.3. The second kappa shape index (κ2) is 6.59. The first-order valence-corrected chi connectivity index (χ1v) is 5.74. The van der Waals surface area contributed by atoms with Gasteiger partial charge in [-0.15, -0.1) is 0 Å². The molecule has 0 unspecified atom stereocenters. The van der Waals surface area contributed by atoms with Crippen molar-refractivity contribution in [2.45, 2.75) is 40.2 Å². The molecule has 17 heavy (non-hydrogen) atoms. The summed E-state index contributed by atoms with van der Waals surface area (Å²) in [7, 11) is 1.57. The van der Waals surface area contributed by atoms with E-state index >= 15 is 0 Å². The molecule has 0 rings (SSSR count). The van der Waals surface area contributed by atoms with Crippen molar-refractivity contribution in [1.29, 1.82) is 0 Å². The van der Waals surface area contributed by atoms with Gasteiger partial charge < -0.3 is 14.7 Å². The van der Waals surface area contributed by atoms with Crippen LogP contribution in [-0.4, -0.2) is 48.2 Å². The molecule has 5 heteroatoms. The Labute approximate surface area is 103 Å². The number of carbonyl (C=O) groups excluding carboxylic acids is 1. The molecule has 0 aliphatic carbocycles. The van der Waals surface area contributed by atoms with Crippen LogP contribution in [-0.2, 0) is 14.3 Å². The van der Waals surface area contributed by atoms with E-state index < -0.39 is 11.4 Å². The molecule has 0 aromatic rings. The van der Waals surface area contributed by atoms with Gasteiger partial charge in [-0.1, -0.05) is 0 Å². The van der Waals surface area contributed by atoms with Crippen molar-refractivity contribution in [2.24, 2.45) is 5.41 Å². The number of carboxylic acid groups (broad SMARTS) is 1. The lowest BCUT2D eigenvalue weighted by Gasteiger charge is -2.29. The quantitative estimate of drug-likeness (QED) is 0.735. The van der Waals surface area contributed by atoms with Gasteiger partial charge in [0.2, 0.25) is 5.91 Å². The first-order valence-electron chi connectivity index (χ1n) is 5.74. The highest BCUT2D eigenvalue weighted by molar-refractivity contribution is 5.84. The number of aliphatic carboxylic acids is 1. The fourth-order valence-corrected chi connectivity index (χ4v) is 1.42. The van der Waals surface area contributed by atoms with Crippen LogP contribution in [0.5, 0.6) is 0 Å². The Kier molecular flexibility index (Phi) is 6.16. The molecule has 0 aliphatic rings. The number of carboxylic acids is 1. The molecule has 100 valence electrons. The summed E-state index contributed by atoms with van der Waals surface area (Å²) in [4.78, 5) is 24.6. The smallest absolute Gasteiger partial charge is 0.309 e. The van der Waals surface area contributed by atoms with Gasteiger partial charge in [-0.05, 0) is 27.7 Å². The molecule has 0 fully saturated rings. The number of rotatable bonds is 7. The molecule has 0 saturated heterocycles. The van der Waals surface area contributed by atoms with Crippen molar-refractivity contribution in [1.82, 2.24) is 4.90 Å². The van der Waals surface area contributed by atoms with E-state index in [4.69, 9.17) is 9.84 Å². The number of nitrogens with zero attached hydrogens (tertiary/aromatic N) is 1. The Morgan fingerprint density at radius 3 is 2.24 bits per heavy atom. The van der Waals surface area contributed by atoms with E-state index in [0.29, 0.717) is 13.2 Å². The molecule has 0 saturated carbocycles. The van der Waals surface area contributed by atoms with Crippen molar-refractivity contribution in [2.75, 3.05) is 20.3 Å². The third-order valence-corrected chi connectivity index (χ3v) is 2.65. The first kappa shape index (κ1) is 15.9. The summed E-state index contributed by atoms with van der Waals surface area (Å²) in [6, 6.07) is 0.0437. The minimum atomic E-state index is -1.03. The third-order valence-electron chi connectivity index (χ3n) is 2.65. The molecule has 0 atom stereocenters. The lowest BCUT2D eigenvalue weighted by atomic mass is 9.89. The van der Waals surface area contributed by atoms with E-state index in [0.717, 1.165) is 0 Å². The van der Waals surface area contributed by atoms with Crippen LogP contribution in [0.1, 0.15) is 34.1 Å². The van der Waals surface area contributed by atoms with Crippen molar-refractivity contribution in [3.63, 3.8) is 0 Å². The number of carbonyl (C=O) groups is 2. The second-order valence-corrected chi connectivity index (χ2v) is 5.04. The van der Waals surface area contributed by atoms with Crippen LogP contribution >= 0.6 is 0 Å². The van der Waals surface area contributed by atoms with Gasteiger partial charge in [0, 0.05) is 26.1 Å². The zero-order valence-electron chi connectivity index (χ0n) is 11.3. The largest absolute Gasteiger partial charge is 0.481 e. The molecule has 0 spiro atoms. The van der Waals surface area contributed by atoms with Crippen LogP contribution in [0.4, 0.5) is 0 Å². The third kappa shape index (κ3) is 5.17. The Balaban J connectivity index is 4.58. The molecule has 1 N–H and O–H groups in total. The van der Waals surface area contributed by atoms with Crippen LogP contribution in [0.2, 0.25) is 0 Å². The van der Waals surface area contributed by atoms with Gasteiger partial charge in [0.25, 0.3) is 0 Å². The Morgan fingerprint density at radius 1 is 1.35 bits per heavy atom. The predicted octanol–water partition coefficient (Wildman–Crippen LogP) is 1.37. The minimum Gasteiger partial charge on any atom is -0.481 e. The van der Waals surface area contributed by atoms with Crippen LogP contribution in [0, 0.1) is 5.41 Å². The number of methoxy groups -OCH3 is 1. The molecule has 0 radical (unpaired) electrons. The van der Waals surface area contributed by atoms with Crippen molar-refractivity contribution >= 4 is 11.9 Å². The molecule has 5 nitrogen and oxygen atoms in total. The maximum Gasteiger partial charge on any atom is 0.309 e. The van der Waals surface area contributed by atoms with E-state index in [-0.39, 0.29) is 18.4 Å². The van der Waals surface area contributed by atoms with Crippen molar-refractivity contribution in [3.05, 3.63) is 0 Å². The van der Waals surface area contributed by atoms with E-state index in [9.17, 15) is 9.59 Å². The van der Waals surface area contributed by atoms with Gasteiger partial charge in [0.05, 0.1) is 12.0 Å². The molecule has 1 amide bonds. The molecule has 0 aliphatic heterocycles. The number of amides is 1. The molecule has 0 bridgehead atoms. The van der Waals surface area contributed by atoms with Gasteiger partial charge in [-0.2, -0.15) is 0 Å². The molecule has 0 aromatic carbocycles. The van der Waals surface area contributed by atoms with E-state index in [2.05, 4.69) is 0 Å². The van der Waals surface area contributed by atoms with Crippen molar-refractivity contribution in [3.8, 4) is 0 Å². The standard InChI is InChI=1S/C12H23NO4/c1-9(2)13(6-7-17-5)10(14)8-12(3,4)11(15)16/h9H,6-8H2,1-5H3,(H,15,16). The number of hydrogen-bond acceptors (Lipinski definition) is 3. The van der Waals surface area contributed by atoms with Gasteiger partial charge in [-0.25, -0.2) is 0 Å². The average Bonchev–Trinajstić information content (AvgIpc) is 2.16. The highest BCUT2D eigenvalue weighted by Crippen LogP contribution is 2.22. The maximum absolute atomic E-state index is 12.0. The Hall–Kier alpha value is -1.10. The molecule has 0 heterocycles. The van der Waals surface area contributed by atoms with Gasteiger partial charge in [0.1, 0.15) is 0 Å². The highest BCUT2D eigenvalue weighted by atomic mass is 16.5. The summed E-state index contributed by atoms with van der Waals surface area (Å²) >= 11 is 0. The van der Waals surface area contributed by atoms with Crippen LogP contribution in [0.25, 0.3) is 0 Å². The van der Waals surface area contributed by atoms with Gasteiger partial charge >= 0.3 is 5.97 Å². The molecular formula is C12H23NO4. The second-order valence-electron chi connectivity index (χ2n) is 5.04. The average molecular weight is 245 g/mol. The van der Waals surface area contributed by atoms with Crippen LogP contribution < -0.4 is 0 Å². The summed E-state index contributed by atoms with van der Waals surface area (Å²) in [5, 5.41) is 8.99. The fourth-order valence-electron chi connectivity index (χ4n) is 1.42. The Bertz CT molecular complexity index is 274. The van der Waals surface area contributed by atoms with Crippen molar-refractivity contribution < 1.29 is 19.4 Å². The lowest BCUT2D eigenvalue weighted by Crippen LogP contribution is -2.42. The lowest BCUT2D eigenvalue weighted by molar-refractivity contribution is -0.152. The number of hydrogen-bond donors (Lipinski definition) is 1. The summed E-state index contributed by atoms with van der Waals surface area (Å²) in [5.74, 6) is -1.11. The van der Waals surface area contributed by atoms with Gasteiger partial charge in [-0.3, -0.25) is 9.59 Å². The summed E-state index contributed by atoms with van der Waals surface area (Å²) in [5.41, 5.74) is -1.03. The Morgan fingerprint density at radius 2 is 1.88 bits per heavy atom. The normalized spacial score (nSPS) is 11.6. The maximum atomic E-state index is 12.0. The zero-order chi connectivity index (χ0) is 13.6. The van der Waals surface area contributed by atoms with E-state index in [1.54, 1.807) is 25.9 Å². The van der Waals surface area contributed by atoms with Crippen LogP contribution in [0.3, 0.4) is 0 Å². The monoisotopic (exact) mass is 245 g/mol. The fraction of sp³-hybridized carbons (Fsp3) is 0.833.